The van der Waals surface area contributed by atoms with E-state index in [1.807, 2.05) is 41.8 Å². The first-order valence-electron chi connectivity index (χ1n) is 7.75. The quantitative estimate of drug-likeness (QED) is 0.768. The van der Waals surface area contributed by atoms with Crippen molar-refractivity contribution in [3.8, 4) is 0 Å². The SMILES string of the molecule is Cc1cc2ccccc2n1CC(=O)NC(C)c1ccc(F)c(F)c1. The van der Waals surface area contributed by atoms with Gasteiger partial charge in [0.2, 0.25) is 5.91 Å². The molecular weight excluding hydrogens is 310 g/mol. The molecule has 0 bridgehead atoms. The van der Waals surface area contributed by atoms with Gasteiger partial charge in [-0.2, -0.15) is 0 Å². The van der Waals surface area contributed by atoms with Crippen LogP contribution in [0.2, 0.25) is 0 Å². The molecule has 1 heterocycles. The first-order valence-corrected chi connectivity index (χ1v) is 7.75. The minimum Gasteiger partial charge on any atom is -0.348 e. The number of benzene rings is 2. The van der Waals surface area contributed by atoms with Crippen LogP contribution in [0.15, 0.2) is 48.5 Å². The van der Waals surface area contributed by atoms with Gasteiger partial charge < -0.3 is 9.88 Å². The van der Waals surface area contributed by atoms with Gasteiger partial charge in [-0.3, -0.25) is 4.79 Å². The number of amides is 1. The zero-order valence-corrected chi connectivity index (χ0v) is 13.5. The van der Waals surface area contributed by atoms with Crippen molar-refractivity contribution in [3.63, 3.8) is 0 Å². The van der Waals surface area contributed by atoms with E-state index in [9.17, 15) is 13.6 Å². The van der Waals surface area contributed by atoms with Crippen LogP contribution in [0.5, 0.6) is 0 Å². The molecule has 24 heavy (non-hydrogen) atoms. The van der Waals surface area contributed by atoms with Gasteiger partial charge in [0.05, 0.1) is 6.04 Å². The minimum absolute atomic E-state index is 0.174. The fraction of sp³-hybridized carbons (Fsp3) is 0.211. The molecule has 0 aliphatic rings. The lowest BCUT2D eigenvalue weighted by Crippen LogP contribution is -2.30. The van der Waals surface area contributed by atoms with Gasteiger partial charge in [-0.15, -0.1) is 0 Å². The van der Waals surface area contributed by atoms with E-state index in [0.29, 0.717) is 5.56 Å². The Morgan fingerprint density at radius 1 is 1.12 bits per heavy atom. The Morgan fingerprint density at radius 2 is 1.88 bits per heavy atom. The molecule has 0 saturated heterocycles. The van der Waals surface area contributed by atoms with Crippen molar-refractivity contribution in [1.82, 2.24) is 9.88 Å². The summed E-state index contributed by atoms with van der Waals surface area (Å²) in [5.41, 5.74) is 2.51. The van der Waals surface area contributed by atoms with Crippen LogP contribution in [0.3, 0.4) is 0 Å². The number of aromatic nitrogens is 1. The van der Waals surface area contributed by atoms with E-state index >= 15 is 0 Å². The number of rotatable bonds is 4. The van der Waals surface area contributed by atoms with Gasteiger partial charge in [0.15, 0.2) is 11.6 Å². The number of hydrogen-bond donors (Lipinski definition) is 1. The van der Waals surface area contributed by atoms with Crippen molar-refractivity contribution < 1.29 is 13.6 Å². The number of aryl methyl sites for hydroxylation is 1. The van der Waals surface area contributed by atoms with Crippen molar-refractivity contribution in [3.05, 3.63) is 71.4 Å². The normalized spacial score (nSPS) is 12.3. The zero-order valence-electron chi connectivity index (χ0n) is 13.5. The van der Waals surface area contributed by atoms with Gasteiger partial charge >= 0.3 is 0 Å². The Hall–Kier alpha value is -2.69. The Kier molecular flexibility index (Phi) is 4.34. The van der Waals surface area contributed by atoms with Crippen LogP contribution >= 0.6 is 0 Å². The molecule has 0 fully saturated rings. The predicted molar refractivity (Wildman–Crippen MR) is 89.6 cm³/mol. The molecule has 0 saturated carbocycles. The molecule has 3 nitrogen and oxygen atoms in total. The van der Waals surface area contributed by atoms with Crippen molar-refractivity contribution in [2.75, 3.05) is 0 Å². The summed E-state index contributed by atoms with van der Waals surface area (Å²) in [5, 5.41) is 3.90. The molecule has 1 N–H and O–H groups in total. The van der Waals surface area contributed by atoms with Gasteiger partial charge in [0.25, 0.3) is 0 Å². The average molecular weight is 328 g/mol. The third-order valence-corrected chi connectivity index (χ3v) is 4.14. The molecular formula is C19H18F2N2O. The summed E-state index contributed by atoms with van der Waals surface area (Å²) in [6, 6.07) is 13.1. The number of carbonyl (C=O) groups is 1. The molecule has 2 aromatic carbocycles. The van der Waals surface area contributed by atoms with Crippen molar-refractivity contribution in [2.45, 2.75) is 26.4 Å². The first kappa shape index (κ1) is 16.2. The molecule has 3 aromatic rings. The van der Waals surface area contributed by atoms with Crippen LogP contribution in [-0.4, -0.2) is 10.5 Å². The number of halogens is 2. The number of nitrogens with zero attached hydrogens (tertiary/aromatic N) is 1. The lowest BCUT2D eigenvalue weighted by Gasteiger charge is -2.16. The van der Waals surface area contributed by atoms with E-state index in [4.69, 9.17) is 0 Å². The summed E-state index contributed by atoms with van der Waals surface area (Å²) in [4.78, 5) is 12.3. The van der Waals surface area contributed by atoms with Crippen LogP contribution in [0.4, 0.5) is 8.78 Å². The highest BCUT2D eigenvalue weighted by atomic mass is 19.2. The summed E-state index contributed by atoms with van der Waals surface area (Å²) >= 11 is 0. The Labute approximate surface area is 138 Å². The summed E-state index contributed by atoms with van der Waals surface area (Å²) in [7, 11) is 0. The Balaban J connectivity index is 1.75. The highest BCUT2D eigenvalue weighted by Gasteiger charge is 2.14. The van der Waals surface area contributed by atoms with Crippen molar-refractivity contribution in [2.24, 2.45) is 0 Å². The van der Waals surface area contributed by atoms with Gasteiger partial charge in [-0.05, 0) is 49.1 Å². The first-order chi connectivity index (χ1) is 11.5. The van der Waals surface area contributed by atoms with E-state index in [2.05, 4.69) is 5.32 Å². The van der Waals surface area contributed by atoms with E-state index in [1.165, 1.54) is 6.07 Å². The number of nitrogens with one attached hydrogen (secondary N) is 1. The standard InChI is InChI=1S/C19H18F2N2O/c1-12-9-15-5-3-4-6-18(15)23(12)11-19(24)22-13(2)14-7-8-16(20)17(21)10-14/h3-10,13H,11H2,1-2H3,(H,22,24). The average Bonchev–Trinajstić information content (AvgIpc) is 2.86. The second kappa shape index (κ2) is 6.43. The topological polar surface area (TPSA) is 34.0 Å². The van der Waals surface area contributed by atoms with Crippen LogP contribution in [-0.2, 0) is 11.3 Å². The van der Waals surface area contributed by atoms with E-state index in [0.717, 1.165) is 28.7 Å². The summed E-state index contributed by atoms with van der Waals surface area (Å²) in [6.45, 7) is 3.87. The fourth-order valence-corrected chi connectivity index (χ4v) is 2.85. The lowest BCUT2D eigenvalue weighted by molar-refractivity contribution is -0.122. The Morgan fingerprint density at radius 3 is 2.62 bits per heavy atom. The van der Waals surface area contributed by atoms with Gasteiger partial charge in [0.1, 0.15) is 6.54 Å². The van der Waals surface area contributed by atoms with Crippen LogP contribution < -0.4 is 5.32 Å². The molecule has 3 rings (SSSR count). The molecule has 1 amide bonds. The molecule has 1 atom stereocenters. The lowest BCUT2D eigenvalue weighted by atomic mass is 10.1. The van der Waals surface area contributed by atoms with Gasteiger partial charge in [-0.1, -0.05) is 24.3 Å². The molecule has 124 valence electrons. The maximum Gasteiger partial charge on any atom is 0.240 e. The van der Waals surface area contributed by atoms with Gasteiger partial charge in [-0.25, -0.2) is 8.78 Å². The van der Waals surface area contributed by atoms with Crippen LogP contribution in [0.1, 0.15) is 24.2 Å². The molecule has 0 radical (unpaired) electrons. The highest BCUT2D eigenvalue weighted by Crippen LogP contribution is 2.20. The molecule has 0 spiro atoms. The van der Waals surface area contributed by atoms with E-state index in [1.54, 1.807) is 6.92 Å². The third-order valence-electron chi connectivity index (χ3n) is 4.14. The van der Waals surface area contributed by atoms with E-state index in [-0.39, 0.29) is 12.5 Å². The summed E-state index contributed by atoms with van der Waals surface area (Å²) in [5.74, 6) is -2.00. The van der Waals surface area contributed by atoms with Crippen LogP contribution in [0.25, 0.3) is 10.9 Å². The number of hydrogen-bond acceptors (Lipinski definition) is 1. The smallest absolute Gasteiger partial charge is 0.240 e. The molecule has 0 aliphatic heterocycles. The largest absolute Gasteiger partial charge is 0.348 e. The zero-order chi connectivity index (χ0) is 17.3. The fourth-order valence-electron chi connectivity index (χ4n) is 2.85. The maximum atomic E-state index is 13.3. The minimum atomic E-state index is -0.916. The number of carbonyl (C=O) groups excluding carboxylic acids is 1. The Bertz CT molecular complexity index is 902. The maximum absolute atomic E-state index is 13.3. The third kappa shape index (κ3) is 3.15. The predicted octanol–water partition coefficient (Wildman–Crippen LogP) is 4.11. The van der Waals surface area contributed by atoms with Crippen molar-refractivity contribution >= 4 is 16.8 Å². The molecule has 0 aliphatic carbocycles. The molecule has 1 unspecified atom stereocenters. The second-order valence-corrected chi connectivity index (χ2v) is 5.89. The second-order valence-electron chi connectivity index (χ2n) is 5.89. The number of para-hydroxylation sites is 1. The molecule has 5 heteroatoms. The van der Waals surface area contributed by atoms with E-state index < -0.39 is 17.7 Å². The molecule has 1 aromatic heterocycles. The van der Waals surface area contributed by atoms with Crippen LogP contribution in [0, 0.1) is 18.6 Å². The number of fused-ring (bicyclic) bond motifs is 1. The monoisotopic (exact) mass is 328 g/mol. The highest BCUT2D eigenvalue weighted by molar-refractivity contribution is 5.84. The van der Waals surface area contributed by atoms with Gasteiger partial charge in [0, 0.05) is 11.2 Å². The summed E-state index contributed by atoms with van der Waals surface area (Å²) < 4.78 is 28.3. The van der Waals surface area contributed by atoms with Crippen molar-refractivity contribution in [1.29, 1.82) is 0 Å². The summed E-state index contributed by atoms with van der Waals surface area (Å²) in [6.07, 6.45) is 0.